The molecule has 1 amide bonds. The van der Waals surface area contributed by atoms with Gasteiger partial charge in [-0.25, -0.2) is 0 Å². The minimum atomic E-state index is -1.12. The highest BCUT2D eigenvalue weighted by Gasteiger charge is 2.77. The Morgan fingerprint density at radius 2 is 1.62 bits per heavy atom. The van der Waals surface area contributed by atoms with Gasteiger partial charge in [0.2, 0.25) is 0 Å². The molecule has 0 saturated carbocycles. The fraction of sp³-hybridized carbons (Fsp3) is 0.312. The van der Waals surface area contributed by atoms with Crippen molar-refractivity contribution in [2.75, 3.05) is 25.0 Å². The minimum Gasteiger partial charge on any atom is -0.324 e. The zero-order chi connectivity index (χ0) is 26.8. The molecule has 0 radical (unpaired) electrons. The Balaban J connectivity index is 1.51. The highest BCUT2D eigenvalue weighted by molar-refractivity contribution is 6.30. The molecule has 4 aliphatic rings. The first-order valence-electron chi connectivity index (χ1n) is 13.6. The molecule has 1 unspecified atom stereocenters. The van der Waals surface area contributed by atoms with E-state index in [9.17, 15) is 4.79 Å². The van der Waals surface area contributed by atoms with Crippen LogP contribution in [0.2, 0.25) is 10.0 Å². The Bertz CT molecular complexity index is 1500. The molecule has 2 N–H and O–H groups in total. The number of para-hydroxylation sites is 1. The van der Waals surface area contributed by atoms with Crippen LogP contribution in [0.5, 0.6) is 0 Å². The number of ketones is 1. The maximum absolute atomic E-state index is 15.2. The highest BCUT2D eigenvalue weighted by atomic mass is 35.5. The van der Waals surface area contributed by atoms with Gasteiger partial charge >= 0.3 is 0 Å². The number of nitrogens with one attached hydrogen (secondary N) is 2. The van der Waals surface area contributed by atoms with Gasteiger partial charge in [-0.1, -0.05) is 72.1 Å². The lowest BCUT2D eigenvalue weighted by Crippen LogP contribution is -2.65. The van der Waals surface area contributed by atoms with Gasteiger partial charge in [0.25, 0.3) is 5.91 Å². The molecule has 5 nitrogen and oxygen atoms in total. The van der Waals surface area contributed by atoms with Crippen molar-refractivity contribution in [3.05, 3.63) is 105 Å². The van der Waals surface area contributed by atoms with Crippen molar-refractivity contribution in [1.29, 1.82) is 0 Å². The van der Waals surface area contributed by atoms with Crippen molar-refractivity contribution in [2.24, 2.45) is 5.41 Å². The third-order valence-electron chi connectivity index (χ3n) is 9.29. The van der Waals surface area contributed by atoms with Crippen molar-refractivity contribution >= 4 is 46.7 Å². The van der Waals surface area contributed by atoms with E-state index in [0.29, 0.717) is 28.7 Å². The van der Waals surface area contributed by atoms with E-state index in [1.165, 1.54) is 0 Å². The summed E-state index contributed by atoms with van der Waals surface area (Å²) in [6.45, 7) is 1.62. The lowest BCUT2D eigenvalue weighted by Gasteiger charge is -2.49. The number of hydrogen-bond acceptors (Lipinski definition) is 4. The molecule has 3 saturated heterocycles. The number of fused-ring (bicyclic) bond motifs is 5. The number of benzene rings is 3. The van der Waals surface area contributed by atoms with Crippen LogP contribution in [0.4, 0.5) is 5.69 Å². The number of rotatable bonds is 2. The van der Waals surface area contributed by atoms with E-state index in [4.69, 9.17) is 23.2 Å². The van der Waals surface area contributed by atoms with Crippen LogP contribution in [0.3, 0.4) is 0 Å². The monoisotopic (exact) mass is 557 g/mol. The number of halogens is 2. The number of carbonyl (C=O) groups excluding carboxylic acids is 2. The summed E-state index contributed by atoms with van der Waals surface area (Å²) < 4.78 is 0. The number of piperidine rings is 2. The lowest BCUT2D eigenvalue weighted by molar-refractivity contribution is -0.145. The van der Waals surface area contributed by atoms with E-state index in [2.05, 4.69) is 15.5 Å². The summed E-state index contributed by atoms with van der Waals surface area (Å²) in [6, 6.07) is 23.4. The molecule has 0 bridgehead atoms. The van der Waals surface area contributed by atoms with E-state index in [0.717, 1.165) is 48.2 Å². The normalized spacial score (nSPS) is 31.1. The lowest BCUT2D eigenvalue weighted by atomic mass is 9.55. The van der Waals surface area contributed by atoms with Crippen LogP contribution in [0.15, 0.2) is 78.4 Å². The maximum Gasteiger partial charge on any atom is 0.250 e. The molecule has 0 aliphatic carbocycles. The van der Waals surface area contributed by atoms with Crippen LogP contribution in [0.25, 0.3) is 6.08 Å². The minimum absolute atomic E-state index is 0.0393. The van der Waals surface area contributed by atoms with Gasteiger partial charge < -0.3 is 10.6 Å². The molecular formula is C32H29Cl2N3O2. The molecule has 3 aromatic rings. The highest BCUT2D eigenvalue weighted by Crippen LogP contribution is 2.67. The second kappa shape index (κ2) is 9.31. The maximum atomic E-state index is 15.2. The second-order valence-electron chi connectivity index (χ2n) is 11.1. The van der Waals surface area contributed by atoms with Gasteiger partial charge in [0, 0.05) is 51.9 Å². The van der Waals surface area contributed by atoms with Crippen LogP contribution in [-0.4, -0.2) is 42.3 Å². The van der Waals surface area contributed by atoms with Crippen LogP contribution in [0, 0.1) is 5.41 Å². The third kappa shape index (κ3) is 3.47. The SMILES string of the molecule is O=C1/C(=C/c2ccc(Cl)cc2)CNCC12[C@@H](c1ccc(Cl)cc1)[C@@H]1CCCCN1[C@@]21C(=O)Nc2ccccc21. The average molecular weight is 559 g/mol. The topological polar surface area (TPSA) is 61.4 Å². The van der Waals surface area contributed by atoms with Crippen molar-refractivity contribution in [2.45, 2.75) is 36.8 Å². The molecule has 4 aliphatic heterocycles. The molecule has 0 aromatic heterocycles. The Kier molecular flexibility index (Phi) is 5.98. The van der Waals surface area contributed by atoms with Crippen molar-refractivity contribution in [3.8, 4) is 0 Å². The molecule has 7 rings (SSSR count). The number of nitrogens with zero attached hydrogens (tertiary/aromatic N) is 1. The first kappa shape index (κ1) is 25.0. The molecule has 3 aromatic carbocycles. The number of carbonyl (C=O) groups is 2. The fourth-order valence-corrected chi connectivity index (χ4v) is 8.19. The quantitative estimate of drug-likeness (QED) is 0.377. The van der Waals surface area contributed by atoms with Gasteiger partial charge in [-0.2, -0.15) is 0 Å². The van der Waals surface area contributed by atoms with Gasteiger partial charge in [-0.3, -0.25) is 14.5 Å². The number of Topliss-reactive ketones (excluding diaryl/α,β-unsaturated/α-hetero) is 1. The van der Waals surface area contributed by atoms with Gasteiger partial charge in [0.05, 0.1) is 5.41 Å². The number of amides is 1. The molecule has 4 atom stereocenters. The van der Waals surface area contributed by atoms with Gasteiger partial charge in [0.1, 0.15) is 5.54 Å². The second-order valence-corrected chi connectivity index (χ2v) is 12.0. The van der Waals surface area contributed by atoms with Gasteiger partial charge in [-0.05, 0) is 66.9 Å². The Hall–Kier alpha value is -2.96. The van der Waals surface area contributed by atoms with E-state index >= 15 is 4.79 Å². The summed E-state index contributed by atoms with van der Waals surface area (Å²) in [5, 5.41) is 8.10. The molecule has 39 heavy (non-hydrogen) atoms. The van der Waals surface area contributed by atoms with E-state index in [-0.39, 0.29) is 23.7 Å². The van der Waals surface area contributed by atoms with Crippen molar-refractivity contribution in [3.63, 3.8) is 0 Å². The van der Waals surface area contributed by atoms with Crippen LogP contribution in [-0.2, 0) is 15.1 Å². The molecular weight excluding hydrogens is 529 g/mol. The summed E-state index contributed by atoms with van der Waals surface area (Å²) in [4.78, 5) is 32.0. The third-order valence-corrected chi connectivity index (χ3v) is 9.80. The molecule has 2 spiro atoms. The standard InChI is InChI=1S/C32H29Cl2N3O2/c33-23-12-8-20(9-13-23)17-22-18-35-19-31(29(22)38)28(21-10-14-24(34)15-11-21)27-7-3-4-16-37(27)32(31)25-5-1-2-6-26(25)36-30(32)39/h1-2,5-6,8-15,17,27-28,35H,3-4,7,16,18-19H2,(H,36,39)/b22-17+/t27-,28-,31?,32-/m0/s1. The van der Waals surface area contributed by atoms with E-state index < -0.39 is 11.0 Å². The molecule has 4 heterocycles. The van der Waals surface area contributed by atoms with E-state index in [1.807, 2.05) is 78.9 Å². The average Bonchev–Trinajstić information content (AvgIpc) is 3.39. The Morgan fingerprint density at radius 1 is 0.897 bits per heavy atom. The smallest absolute Gasteiger partial charge is 0.250 e. The molecule has 3 fully saturated rings. The van der Waals surface area contributed by atoms with Gasteiger partial charge in [0.15, 0.2) is 5.78 Å². The zero-order valence-electron chi connectivity index (χ0n) is 21.4. The van der Waals surface area contributed by atoms with Crippen molar-refractivity contribution in [1.82, 2.24) is 10.2 Å². The summed E-state index contributed by atoms with van der Waals surface area (Å²) in [6.07, 6.45) is 4.94. The first-order chi connectivity index (χ1) is 19.0. The van der Waals surface area contributed by atoms with Crippen molar-refractivity contribution < 1.29 is 9.59 Å². The Morgan fingerprint density at radius 3 is 2.38 bits per heavy atom. The Labute approximate surface area is 238 Å². The molecule has 7 heteroatoms. The van der Waals surface area contributed by atoms with Crippen LogP contribution >= 0.6 is 23.2 Å². The molecule has 198 valence electrons. The number of anilines is 1. The first-order valence-corrected chi connectivity index (χ1v) is 14.4. The van der Waals surface area contributed by atoms with Crippen LogP contribution < -0.4 is 10.6 Å². The number of hydrogen-bond donors (Lipinski definition) is 2. The van der Waals surface area contributed by atoms with Gasteiger partial charge in [-0.15, -0.1) is 0 Å². The largest absolute Gasteiger partial charge is 0.324 e. The summed E-state index contributed by atoms with van der Waals surface area (Å²) >= 11 is 12.5. The predicted molar refractivity (Wildman–Crippen MR) is 155 cm³/mol. The van der Waals surface area contributed by atoms with Crippen LogP contribution in [0.1, 0.15) is 41.9 Å². The fourth-order valence-electron chi connectivity index (χ4n) is 7.94. The van der Waals surface area contributed by atoms with E-state index in [1.54, 1.807) is 0 Å². The summed E-state index contributed by atoms with van der Waals surface area (Å²) in [7, 11) is 0. The summed E-state index contributed by atoms with van der Waals surface area (Å²) in [5.74, 6) is -0.256. The predicted octanol–water partition coefficient (Wildman–Crippen LogP) is 6.04. The summed E-state index contributed by atoms with van der Waals surface area (Å²) in [5.41, 5.74) is 2.16. The zero-order valence-corrected chi connectivity index (χ0v) is 22.9.